The molecule has 0 unspecified atom stereocenters. The minimum Gasteiger partial charge on any atom is -0.461 e. The van der Waals surface area contributed by atoms with E-state index in [1.54, 1.807) is 6.08 Å². The van der Waals surface area contributed by atoms with Crippen molar-refractivity contribution in [3.8, 4) is 0 Å². The molecule has 0 bridgehead atoms. The Labute approximate surface area is 125 Å². The molecule has 0 aliphatic rings. The minimum absolute atomic E-state index is 0.258. The summed E-state index contributed by atoms with van der Waals surface area (Å²) in [5, 5.41) is 0.284. The Morgan fingerprint density at radius 3 is 2.40 bits per heavy atom. The first-order valence-electron chi connectivity index (χ1n) is 7.33. The quantitative estimate of drug-likeness (QED) is 0.287. The molecule has 0 radical (unpaired) electrons. The first-order chi connectivity index (χ1) is 9.17. The third-order valence-corrected chi connectivity index (χ3v) is 8.16. The number of hydrogen-bond acceptors (Lipinski definition) is 3. The van der Waals surface area contributed by atoms with E-state index in [1.165, 1.54) is 6.92 Å². The fourth-order valence-electron chi connectivity index (χ4n) is 1.27. The summed E-state index contributed by atoms with van der Waals surface area (Å²) in [6, 6.07) is 0. The van der Waals surface area contributed by atoms with Gasteiger partial charge in [0.05, 0.1) is 0 Å². The lowest BCUT2D eigenvalue weighted by molar-refractivity contribution is -0.139. The highest BCUT2D eigenvalue weighted by molar-refractivity contribution is 6.74. The molecule has 3 nitrogen and oxygen atoms in total. The molecule has 4 heteroatoms. The fraction of sp³-hybridized carbons (Fsp3) is 0.750. The molecule has 0 saturated heterocycles. The van der Waals surface area contributed by atoms with Crippen molar-refractivity contribution in [1.29, 1.82) is 0 Å². The van der Waals surface area contributed by atoms with Gasteiger partial charge in [0, 0.05) is 13.5 Å². The van der Waals surface area contributed by atoms with Crippen molar-refractivity contribution in [2.45, 2.75) is 65.1 Å². The maximum Gasteiger partial charge on any atom is 0.302 e. The van der Waals surface area contributed by atoms with E-state index in [0.29, 0.717) is 6.61 Å². The van der Waals surface area contributed by atoms with E-state index in [2.05, 4.69) is 39.6 Å². The van der Waals surface area contributed by atoms with Crippen molar-refractivity contribution < 1.29 is 14.0 Å². The molecule has 0 atom stereocenters. The predicted molar refractivity (Wildman–Crippen MR) is 86.3 cm³/mol. The number of rotatable bonds is 8. The Morgan fingerprint density at radius 1 is 1.20 bits per heavy atom. The van der Waals surface area contributed by atoms with Crippen LogP contribution in [0.4, 0.5) is 0 Å². The standard InChI is InChI=1S/C16H30O3Si/c1-15(17)18-13-11-9-7-8-10-12-14-19-20(5,6)16(2,3)4/h7,11H,8,10,12-14H2,1-6H3. The van der Waals surface area contributed by atoms with Crippen molar-refractivity contribution in [1.82, 2.24) is 0 Å². The van der Waals surface area contributed by atoms with Crippen molar-refractivity contribution in [2.24, 2.45) is 0 Å². The highest BCUT2D eigenvalue weighted by atomic mass is 28.4. The zero-order chi connectivity index (χ0) is 15.6. The monoisotopic (exact) mass is 298 g/mol. The van der Waals surface area contributed by atoms with E-state index in [0.717, 1.165) is 25.9 Å². The number of unbranched alkanes of at least 4 members (excludes halogenated alkanes) is 2. The zero-order valence-corrected chi connectivity index (χ0v) is 14.9. The molecule has 20 heavy (non-hydrogen) atoms. The van der Waals surface area contributed by atoms with Crippen LogP contribution in [0.1, 0.15) is 47.0 Å². The summed E-state index contributed by atoms with van der Waals surface area (Å²) in [6.07, 6.45) is 6.87. The van der Waals surface area contributed by atoms with Gasteiger partial charge in [0.2, 0.25) is 0 Å². The molecule has 0 N–H and O–H groups in total. The van der Waals surface area contributed by atoms with Gasteiger partial charge < -0.3 is 9.16 Å². The molecule has 0 amide bonds. The van der Waals surface area contributed by atoms with E-state index in [-0.39, 0.29) is 11.0 Å². The average Bonchev–Trinajstić information content (AvgIpc) is 2.29. The van der Waals surface area contributed by atoms with Crippen LogP contribution in [0.2, 0.25) is 18.1 Å². The van der Waals surface area contributed by atoms with Gasteiger partial charge in [-0.05, 0) is 49.5 Å². The number of hydrogen-bond donors (Lipinski definition) is 0. The van der Waals surface area contributed by atoms with Crippen LogP contribution in [-0.2, 0) is 14.0 Å². The Balaban J connectivity index is 3.68. The van der Waals surface area contributed by atoms with E-state index >= 15 is 0 Å². The second-order valence-corrected chi connectivity index (χ2v) is 11.3. The van der Waals surface area contributed by atoms with Gasteiger partial charge in [0.25, 0.3) is 0 Å². The normalized spacial score (nSPS) is 11.7. The van der Waals surface area contributed by atoms with Gasteiger partial charge in [0.1, 0.15) is 6.61 Å². The molecular formula is C16H30O3Si. The lowest BCUT2D eigenvalue weighted by Gasteiger charge is -2.36. The Hall–Kier alpha value is -0.833. The highest BCUT2D eigenvalue weighted by Crippen LogP contribution is 2.36. The van der Waals surface area contributed by atoms with Crippen molar-refractivity contribution in [2.75, 3.05) is 13.2 Å². The molecule has 116 valence electrons. The molecular weight excluding hydrogens is 268 g/mol. The van der Waals surface area contributed by atoms with Crippen LogP contribution < -0.4 is 0 Å². The zero-order valence-electron chi connectivity index (χ0n) is 13.9. The van der Waals surface area contributed by atoms with Gasteiger partial charge in [0.15, 0.2) is 8.32 Å². The molecule has 0 aromatic carbocycles. The first kappa shape index (κ1) is 19.2. The predicted octanol–water partition coefficient (Wildman–Crippen LogP) is 4.45. The van der Waals surface area contributed by atoms with Crippen molar-refractivity contribution >= 4 is 14.3 Å². The van der Waals surface area contributed by atoms with Gasteiger partial charge in [-0.2, -0.15) is 0 Å². The summed E-state index contributed by atoms with van der Waals surface area (Å²) in [6.45, 7) is 13.9. The molecule has 0 heterocycles. The highest BCUT2D eigenvalue weighted by Gasteiger charge is 2.36. The summed E-state index contributed by atoms with van der Waals surface area (Å²) in [5.74, 6) is -0.258. The van der Waals surface area contributed by atoms with Crippen LogP contribution in [0, 0.1) is 0 Å². The van der Waals surface area contributed by atoms with E-state index in [4.69, 9.17) is 9.16 Å². The molecule has 0 fully saturated rings. The average molecular weight is 298 g/mol. The summed E-state index contributed by atoms with van der Waals surface area (Å²) >= 11 is 0. The number of esters is 1. The number of carbonyl (C=O) groups is 1. The van der Waals surface area contributed by atoms with Crippen LogP contribution in [-0.4, -0.2) is 27.5 Å². The van der Waals surface area contributed by atoms with Crippen LogP contribution in [0.25, 0.3) is 0 Å². The van der Waals surface area contributed by atoms with Crippen molar-refractivity contribution in [3.05, 3.63) is 17.9 Å². The summed E-state index contributed by atoms with van der Waals surface area (Å²) in [7, 11) is -1.58. The van der Waals surface area contributed by atoms with E-state index in [9.17, 15) is 4.79 Å². The summed E-state index contributed by atoms with van der Waals surface area (Å²) in [4.78, 5) is 10.5. The lowest BCUT2D eigenvalue weighted by atomic mass is 10.2. The summed E-state index contributed by atoms with van der Waals surface area (Å²) in [5.41, 5.74) is 3.01. The number of carbonyl (C=O) groups excluding carboxylic acids is 1. The maximum absolute atomic E-state index is 10.5. The largest absolute Gasteiger partial charge is 0.461 e. The second kappa shape index (κ2) is 9.17. The van der Waals surface area contributed by atoms with E-state index < -0.39 is 8.32 Å². The van der Waals surface area contributed by atoms with Gasteiger partial charge in [-0.15, -0.1) is 5.73 Å². The number of ether oxygens (including phenoxy) is 1. The Kier molecular flexibility index (Phi) is 8.79. The molecule has 0 spiro atoms. The molecule has 0 saturated carbocycles. The van der Waals surface area contributed by atoms with Gasteiger partial charge >= 0.3 is 5.97 Å². The van der Waals surface area contributed by atoms with E-state index in [1.807, 2.05) is 6.08 Å². The van der Waals surface area contributed by atoms with Crippen molar-refractivity contribution in [3.63, 3.8) is 0 Å². The molecule has 0 rings (SSSR count). The molecule has 0 aliphatic heterocycles. The first-order valence-corrected chi connectivity index (χ1v) is 10.2. The summed E-state index contributed by atoms with van der Waals surface area (Å²) < 4.78 is 10.9. The van der Waals surface area contributed by atoms with Gasteiger partial charge in [-0.25, -0.2) is 0 Å². The lowest BCUT2D eigenvalue weighted by Crippen LogP contribution is -2.40. The maximum atomic E-state index is 10.5. The Bertz CT molecular complexity index is 347. The van der Waals surface area contributed by atoms with Crippen LogP contribution in [0.5, 0.6) is 0 Å². The molecule has 0 aromatic rings. The topological polar surface area (TPSA) is 35.5 Å². The van der Waals surface area contributed by atoms with Crippen LogP contribution >= 0.6 is 0 Å². The molecule has 0 aromatic heterocycles. The fourth-order valence-corrected chi connectivity index (χ4v) is 2.35. The van der Waals surface area contributed by atoms with Crippen LogP contribution in [0.15, 0.2) is 17.9 Å². The SMILES string of the molecule is CC(=O)OCC=C=CCCCCO[Si](C)(C)C(C)(C)C. The van der Waals surface area contributed by atoms with Crippen LogP contribution in [0.3, 0.4) is 0 Å². The molecule has 0 aliphatic carbocycles. The smallest absolute Gasteiger partial charge is 0.302 e. The third kappa shape index (κ3) is 9.13. The third-order valence-electron chi connectivity index (χ3n) is 3.62. The Morgan fingerprint density at radius 2 is 1.85 bits per heavy atom. The second-order valence-electron chi connectivity index (χ2n) is 6.48. The van der Waals surface area contributed by atoms with Gasteiger partial charge in [-0.1, -0.05) is 20.8 Å². The van der Waals surface area contributed by atoms with Gasteiger partial charge in [-0.3, -0.25) is 4.79 Å². The minimum atomic E-state index is -1.58.